The monoisotopic (exact) mass is 268 g/mol. The van der Waals surface area contributed by atoms with Gasteiger partial charge in [-0.25, -0.2) is 0 Å². The molecular formula is C16H16N2O2. The van der Waals surface area contributed by atoms with Gasteiger partial charge in [-0.15, -0.1) is 0 Å². The van der Waals surface area contributed by atoms with Crippen LogP contribution in [-0.4, -0.2) is 17.4 Å². The van der Waals surface area contributed by atoms with E-state index in [1.54, 1.807) is 6.07 Å². The van der Waals surface area contributed by atoms with Crippen molar-refractivity contribution < 1.29 is 4.79 Å². The van der Waals surface area contributed by atoms with Crippen LogP contribution in [0.5, 0.6) is 0 Å². The van der Waals surface area contributed by atoms with E-state index in [-0.39, 0.29) is 11.5 Å². The van der Waals surface area contributed by atoms with Crippen molar-refractivity contribution in [1.82, 2.24) is 4.98 Å². The molecule has 4 nitrogen and oxygen atoms in total. The Labute approximate surface area is 117 Å². The molecule has 1 aromatic heterocycles. The van der Waals surface area contributed by atoms with Crippen LogP contribution >= 0.6 is 0 Å². The molecule has 0 atom stereocenters. The molecule has 3 rings (SSSR count). The van der Waals surface area contributed by atoms with Crippen molar-refractivity contribution in [3.8, 4) is 0 Å². The first kappa shape index (κ1) is 12.7. The average molecular weight is 268 g/mol. The number of aromatic nitrogens is 1. The summed E-state index contributed by atoms with van der Waals surface area (Å²) in [6.45, 7) is 0.717. The van der Waals surface area contributed by atoms with E-state index in [2.05, 4.69) is 11.1 Å². The molecule has 0 spiro atoms. The van der Waals surface area contributed by atoms with Crippen LogP contribution in [0.3, 0.4) is 0 Å². The number of hydrogen-bond acceptors (Lipinski definition) is 2. The number of fused-ring (bicyclic) bond motifs is 1. The third-order valence-electron chi connectivity index (χ3n) is 3.64. The first-order valence-corrected chi connectivity index (χ1v) is 6.84. The van der Waals surface area contributed by atoms with Crippen molar-refractivity contribution in [2.75, 3.05) is 11.4 Å². The zero-order valence-electron chi connectivity index (χ0n) is 11.1. The summed E-state index contributed by atoms with van der Waals surface area (Å²) < 4.78 is 0. The van der Waals surface area contributed by atoms with Crippen molar-refractivity contribution in [3.63, 3.8) is 0 Å². The summed E-state index contributed by atoms with van der Waals surface area (Å²) in [6, 6.07) is 11.0. The van der Waals surface area contributed by atoms with Crippen molar-refractivity contribution in [2.45, 2.75) is 19.3 Å². The van der Waals surface area contributed by atoms with Crippen LogP contribution < -0.4 is 10.5 Å². The van der Waals surface area contributed by atoms with Gasteiger partial charge in [-0.05, 0) is 37.0 Å². The maximum absolute atomic E-state index is 12.6. The molecule has 0 aliphatic carbocycles. The Bertz CT molecular complexity index is 670. The fraction of sp³-hybridized carbons (Fsp3) is 0.250. The highest BCUT2D eigenvalue weighted by atomic mass is 16.2. The summed E-state index contributed by atoms with van der Waals surface area (Å²) in [5.41, 5.74) is 2.52. The second kappa shape index (κ2) is 5.33. The van der Waals surface area contributed by atoms with Crippen LogP contribution in [0.1, 0.15) is 28.8 Å². The van der Waals surface area contributed by atoms with Gasteiger partial charge in [0.1, 0.15) is 0 Å². The Morgan fingerprint density at radius 1 is 1.10 bits per heavy atom. The quantitative estimate of drug-likeness (QED) is 0.863. The fourth-order valence-electron chi connectivity index (χ4n) is 2.60. The van der Waals surface area contributed by atoms with Crippen LogP contribution in [0, 0.1) is 0 Å². The molecule has 1 N–H and O–H groups in total. The average Bonchev–Trinajstić information content (AvgIpc) is 2.69. The highest BCUT2D eigenvalue weighted by Gasteiger charge is 2.21. The van der Waals surface area contributed by atoms with Gasteiger partial charge in [-0.2, -0.15) is 0 Å². The summed E-state index contributed by atoms with van der Waals surface area (Å²) in [6.07, 6.45) is 4.57. The minimum atomic E-state index is -0.196. The van der Waals surface area contributed by atoms with E-state index < -0.39 is 0 Å². The van der Waals surface area contributed by atoms with E-state index >= 15 is 0 Å². The summed E-state index contributed by atoms with van der Waals surface area (Å²) in [7, 11) is 0. The molecular weight excluding hydrogens is 252 g/mol. The molecule has 2 heterocycles. The molecule has 0 saturated heterocycles. The minimum Gasteiger partial charge on any atom is -0.328 e. The number of H-pyrrole nitrogens is 1. The highest BCUT2D eigenvalue weighted by molar-refractivity contribution is 6.06. The predicted octanol–water partition coefficient (Wildman–Crippen LogP) is 2.36. The smallest absolute Gasteiger partial charge is 0.259 e. The van der Waals surface area contributed by atoms with Crippen LogP contribution in [0.2, 0.25) is 0 Å². The summed E-state index contributed by atoms with van der Waals surface area (Å²) in [4.78, 5) is 28.1. The number of aromatic amines is 1. The molecule has 102 valence electrons. The Kier molecular flexibility index (Phi) is 3.37. The number of carbonyl (C=O) groups is 1. The number of hydrogen-bond donors (Lipinski definition) is 1. The molecule has 1 amide bonds. The molecule has 1 aromatic carbocycles. The van der Waals surface area contributed by atoms with Crippen LogP contribution in [0.15, 0.2) is 47.4 Å². The molecule has 0 fully saturated rings. The van der Waals surface area contributed by atoms with Gasteiger partial charge in [0.15, 0.2) is 0 Å². The number of nitrogens with zero attached hydrogens (tertiary/aromatic N) is 1. The van der Waals surface area contributed by atoms with E-state index in [9.17, 15) is 9.59 Å². The Morgan fingerprint density at radius 3 is 2.75 bits per heavy atom. The van der Waals surface area contributed by atoms with Gasteiger partial charge in [0.05, 0.1) is 5.56 Å². The lowest BCUT2D eigenvalue weighted by molar-refractivity contribution is 0.0986. The number of anilines is 1. The van der Waals surface area contributed by atoms with Gasteiger partial charge in [-0.1, -0.05) is 18.2 Å². The van der Waals surface area contributed by atoms with Gasteiger partial charge in [0.2, 0.25) is 5.56 Å². The number of rotatable bonds is 1. The van der Waals surface area contributed by atoms with Gasteiger partial charge in [0, 0.05) is 24.5 Å². The maximum Gasteiger partial charge on any atom is 0.259 e. The number of benzene rings is 1. The molecule has 4 heteroatoms. The molecule has 0 saturated carbocycles. The lowest BCUT2D eigenvalue weighted by Crippen LogP contribution is -2.32. The number of aryl methyl sites for hydroxylation is 1. The van der Waals surface area contributed by atoms with E-state index in [0.717, 1.165) is 31.5 Å². The van der Waals surface area contributed by atoms with E-state index in [0.29, 0.717) is 5.56 Å². The van der Waals surface area contributed by atoms with E-state index in [1.165, 1.54) is 17.8 Å². The number of nitrogens with one attached hydrogen (secondary N) is 1. The Morgan fingerprint density at radius 2 is 1.95 bits per heavy atom. The molecule has 2 aromatic rings. The van der Waals surface area contributed by atoms with Gasteiger partial charge >= 0.3 is 0 Å². The van der Waals surface area contributed by atoms with E-state index in [4.69, 9.17) is 0 Å². The molecule has 20 heavy (non-hydrogen) atoms. The fourth-order valence-corrected chi connectivity index (χ4v) is 2.60. The lowest BCUT2D eigenvalue weighted by Gasteiger charge is -2.22. The SMILES string of the molecule is O=C(c1ccc(=O)[nH]c1)N1CCCCc2ccccc21. The standard InChI is InChI=1S/C16H16N2O2/c19-15-9-8-13(11-17-15)16(20)18-10-4-3-6-12-5-1-2-7-14(12)18/h1-2,5,7-9,11H,3-4,6,10H2,(H,17,19). The number of carbonyl (C=O) groups excluding carboxylic acids is 1. The number of amides is 1. The third-order valence-corrected chi connectivity index (χ3v) is 3.64. The van der Waals surface area contributed by atoms with Crippen LogP contribution in [0.25, 0.3) is 0 Å². The zero-order chi connectivity index (χ0) is 13.9. The molecule has 0 unspecified atom stereocenters. The molecule has 1 aliphatic rings. The van der Waals surface area contributed by atoms with Gasteiger partial charge in [0.25, 0.3) is 5.91 Å². The zero-order valence-corrected chi connectivity index (χ0v) is 11.1. The minimum absolute atomic E-state index is 0.0596. The molecule has 0 radical (unpaired) electrons. The number of para-hydroxylation sites is 1. The van der Waals surface area contributed by atoms with Crippen LogP contribution in [-0.2, 0) is 6.42 Å². The van der Waals surface area contributed by atoms with Crippen molar-refractivity contribution >= 4 is 11.6 Å². The van der Waals surface area contributed by atoms with Crippen LogP contribution in [0.4, 0.5) is 5.69 Å². The normalized spacial score (nSPS) is 14.5. The second-order valence-electron chi connectivity index (χ2n) is 4.98. The Hall–Kier alpha value is -2.36. The molecule has 1 aliphatic heterocycles. The Balaban J connectivity index is 1.99. The van der Waals surface area contributed by atoms with Crippen molar-refractivity contribution in [1.29, 1.82) is 0 Å². The third kappa shape index (κ3) is 2.37. The summed E-state index contributed by atoms with van der Waals surface area (Å²) >= 11 is 0. The van der Waals surface area contributed by atoms with Crippen molar-refractivity contribution in [2.24, 2.45) is 0 Å². The highest BCUT2D eigenvalue weighted by Crippen LogP contribution is 2.27. The number of pyridine rings is 1. The largest absolute Gasteiger partial charge is 0.328 e. The first-order valence-electron chi connectivity index (χ1n) is 6.84. The second-order valence-corrected chi connectivity index (χ2v) is 4.98. The molecule has 0 bridgehead atoms. The van der Waals surface area contributed by atoms with Gasteiger partial charge in [-0.3, -0.25) is 9.59 Å². The topological polar surface area (TPSA) is 53.2 Å². The maximum atomic E-state index is 12.6. The summed E-state index contributed by atoms with van der Waals surface area (Å²) in [5, 5.41) is 0. The lowest BCUT2D eigenvalue weighted by atomic mass is 10.1. The van der Waals surface area contributed by atoms with E-state index in [1.807, 2.05) is 23.1 Å². The van der Waals surface area contributed by atoms with Gasteiger partial charge < -0.3 is 9.88 Å². The summed E-state index contributed by atoms with van der Waals surface area (Å²) in [5.74, 6) is -0.0596. The first-order chi connectivity index (χ1) is 9.75. The van der Waals surface area contributed by atoms with Crippen molar-refractivity contribution in [3.05, 3.63) is 64.1 Å². The predicted molar refractivity (Wildman–Crippen MR) is 78.1 cm³/mol.